The molecule has 1 aliphatic heterocycles. The molecule has 0 aliphatic carbocycles. The summed E-state index contributed by atoms with van der Waals surface area (Å²) in [7, 11) is 0. The maximum absolute atomic E-state index is 6.14. The van der Waals surface area contributed by atoms with Crippen molar-refractivity contribution in [2.45, 2.75) is 19.3 Å². The van der Waals surface area contributed by atoms with Gasteiger partial charge in [0.05, 0.1) is 0 Å². The van der Waals surface area contributed by atoms with Crippen LogP contribution in [-0.4, -0.2) is 13.1 Å². The number of benzene rings is 1. The van der Waals surface area contributed by atoms with Crippen molar-refractivity contribution in [1.82, 2.24) is 5.32 Å². The molecule has 0 amide bonds. The van der Waals surface area contributed by atoms with E-state index in [9.17, 15) is 0 Å². The fourth-order valence-electron chi connectivity index (χ4n) is 1.93. The van der Waals surface area contributed by atoms with Crippen molar-refractivity contribution >= 4 is 29.3 Å². The maximum atomic E-state index is 6.14. The van der Waals surface area contributed by atoms with Crippen LogP contribution in [0.25, 0.3) is 6.08 Å². The van der Waals surface area contributed by atoms with E-state index in [0.717, 1.165) is 41.5 Å². The third-order valence-electron chi connectivity index (χ3n) is 2.79. The molecule has 0 bridgehead atoms. The van der Waals surface area contributed by atoms with E-state index in [4.69, 9.17) is 23.2 Å². The van der Waals surface area contributed by atoms with Crippen LogP contribution in [0.3, 0.4) is 0 Å². The van der Waals surface area contributed by atoms with Crippen molar-refractivity contribution < 1.29 is 0 Å². The van der Waals surface area contributed by atoms with E-state index in [1.165, 1.54) is 12.0 Å². The Morgan fingerprint density at radius 1 is 1.12 bits per heavy atom. The van der Waals surface area contributed by atoms with Crippen LogP contribution in [0.1, 0.15) is 24.8 Å². The SMILES string of the molecule is Clc1ccc(Cl)c(/C=C2/CCCNCC2)c1. The Balaban J connectivity index is 2.22. The summed E-state index contributed by atoms with van der Waals surface area (Å²) < 4.78 is 0. The Morgan fingerprint density at radius 3 is 2.88 bits per heavy atom. The second-order valence-electron chi connectivity index (χ2n) is 4.07. The first-order chi connectivity index (χ1) is 7.75. The molecular formula is C13H15Cl2N. The average Bonchev–Trinajstić information content (AvgIpc) is 2.52. The van der Waals surface area contributed by atoms with Gasteiger partial charge in [-0.1, -0.05) is 34.9 Å². The number of hydrogen-bond acceptors (Lipinski definition) is 1. The first-order valence-corrected chi connectivity index (χ1v) is 6.36. The summed E-state index contributed by atoms with van der Waals surface area (Å²) >= 11 is 12.1. The second-order valence-corrected chi connectivity index (χ2v) is 4.92. The Hall–Kier alpha value is -0.500. The summed E-state index contributed by atoms with van der Waals surface area (Å²) in [6.45, 7) is 2.17. The van der Waals surface area contributed by atoms with Crippen LogP contribution in [0, 0.1) is 0 Å². The summed E-state index contributed by atoms with van der Waals surface area (Å²) in [6.07, 6.45) is 5.63. The Bertz CT molecular complexity index is 389. The number of rotatable bonds is 1. The van der Waals surface area contributed by atoms with Gasteiger partial charge in [-0.25, -0.2) is 0 Å². The lowest BCUT2D eigenvalue weighted by atomic mass is 10.0. The van der Waals surface area contributed by atoms with Crippen molar-refractivity contribution in [2.24, 2.45) is 0 Å². The lowest BCUT2D eigenvalue weighted by Crippen LogP contribution is -2.13. The van der Waals surface area contributed by atoms with Crippen molar-refractivity contribution in [2.75, 3.05) is 13.1 Å². The van der Waals surface area contributed by atoms with Gasteiger partial charge in [-0.2, -0.15) is 0 Å². The molecule has 0 aromatic heterocycles. The molecule has 0 unspecified atom stereocenters. The maximum Gasteiger partial charge on any atom is 0.0479 e. The van der Waals surface area contributed by atoms with Gasteiger partial charge in [-0.3, -0.25) is 0 Å². The van der Waals surface area contributed by atoms with Crippen LogP contribution in [0.15, 0.2) is 23.8 Å². The zero-order valence-electron chi connectivity index (χ0n) is 9.10. The van der Waals surface area contributed by atoms with Gasteiger partial charge in [0, 0.05) is 10.0 Å². The summed E-state index contributed by atoms with van der Waals surface area (Å²) in [5.74, 6) is 0. The standard InChI is InChI=1S/C13H15Cl2N/c14-12-3-4-13(15)11(9-12)8-10-2-1-6-16-7-5-10/h3-4,8-9,16H,1-2,5-7H2/b10-8-. The molecular weight excluding hydrogens is 241 g/mol. The fourth-order valence-corrected chi connectivity index (χ4v) is 2.28. The Labute approximate surface area is 106 Å². The molecule has 1 heterocycles. The fraction of sp³-hybridized carbons (Fsp3) is 0.385. The van der Waals surface area contributed by atoms with Crippen LogP contribution >= 0.6 is 23.2 Å². The van der Waals surface area contributed by atoms with Crippen LogP contribution in [0.2, 0.25) is 10.0 Å². The molecule has 1 aliphatic rings. The third-order valence-corrected chi connectivity index (χ3v) is 3.37. The average molecular weight is 256 g/mol. The largest absolute Gasteiger partial charge is 0.316 e. The molecule has 1 nitrogen and oxygen atoms in total. The predicted octanol–water partition coefficient (Wildman–Crippen LogP) is 4.15. The normalized spacial score (nSPS) is 19.8. The summed E-state index contributed by atoms with van der Waals surface area (Å²) in [6, 6.07) is 5.60. The van der Waals surface area contributed by atoms with Crippen LogP contribution in [-0.2, 0) is 0 Å². The number of halogens is 2. The first-order valence-electron chi connectivity index (χ1n) is 5.61. The van der Waals surface area contributed by atoms with Gasteiger partial charge in [0.15, 0.2) is 0 Å². The summed E-state index contributed by atoms with van der Waals surface area (Å²) in [4.78, 5) is 0. The van der Waals surface area contributed by atoms with Crippen molar-refractivity contribution in [3.63, 3.8) is 0 Å². The molecule has 2 rings (SSSR count). The van der Waals surface area contributed by atoms with E-state index in [1.807, 2.05) is 18.2 Å². The highest BCUT2D eigenvalue weighted by Gasteiger charge is 2.05. The molecule has 86 valence electrons. The molecule has 3 heteroatoms. The monoisotopic (exact) mass is 255 g/mol. The summed E-state index contributed by atoms with van der Waals surface area (Å²) in [5, 5.41) is 4.90. The quantitative estimate of drug-likeness (QED) is 0.795. The van der Waals surface area contributed by atoms with Crippen LogP contribution < -0.4 is 5.32 Å². The van der Waals surface area contributed by atoms with Crippen molar-refractivity contribution in [3.8, 4) is 0 Å². The molecule has 1 N–H and O–H groups in total. The lowest BCUT2D eigenvalue weighted by molar-refractivity contribution is 0.703. The van der Waals surface area contributed by atoms with Gasteiger partial charge in [0.2, 0.25) is 0 Å². The molecule has 1 fully saturated rings. The third kappa shape index (κ3) is 3.24. The Kier molecular flexibility index (Phi) is 4.28. The van der Waals surface area contributed by atoms with E-state index in [-0.39, 0.29) is 0 Å². The highest BCUT2D eigenvalue weighted by atomic mass is 35.5. The Morgan fingerprint density at radius 2 is 2.00 bits per heavy atom. The smallest absolute Gasteiger partial charge is 0.0479 e. The van der Waals surface area contributed by atoms with Gasteiger partial charge in [-0.05, 0) is 56.1 Å². The van der Waals surface area contributed by atoms with Gasteiger partial charge in [0.25, 0.3) is 0 Å². The zero-order chi connectivity index (χ0) is 11.4. The van der Waals surface area contributed by atoms with Gasteiger partial charge in [0.1, 0.15) is 0 Å². The minimum Gasteiger partial charge on any atom is -0.316 e. The highest BCUT2D eigenvalue weighted by molar-refractivity contribution is 6.34. The second kappa shape index (κ2) is 5.72. The van der Waals surface area contributed by atoms with Gasteiger partial charge < -0.3 is 5.32 Å². The van der Waals surface area contributed by atoms with E-state index < -0.39 is 0 Å². The molecule has 1 aromatic rings. The molecule has 1 saturated heterocycles. The highest BCUT2D eigenvalue weighted by Crippen LogP contribution is 2.25. The molecule has 0 spiro atoms. The minimum atomic E-state index is 0.739. The van der Waals surface area contributed by atoms with Gasteiger partial charge >= 0.3 is 0 Å². The number of hydrogen-bond donors (Lipinski definition) is 1. The molecule has 0 atom stereocenters. The van der Waals surface area contributed by atoms with Gasteiger partial charge in [-0.15, -0.1) is 0 Å². The zero-order valence-corrected chi connectivity index (χ0v) is 10.6. The first kappa shape index (κ1) is 12.0. The number of nitrogens with one attached hydrogen (secondary N) is 1. The van der Waals surface area contributed by atoms with E-state index in [0.29, 0.717) is 0 Å². The van der Waals surface area contributed by atoms with E-state index in [2.05, 4.69) is 11.4 Å². The minimum absolute atomic E-state index is 0.739. The van der Waals surface area contributed by atoms with Crippen LogP contribution in [0.4, 0.5) is 0 Å². The van der Waals surface area contributed by atoms with Crippen LogP contribution in [0.5, 0.6) is 0 Å². The molecule has 0 saturated carbocycles. The molecule has 1 aromatic carbocycles. The molecule has 0 radical (unpaired) electrons. The topological polar surface area (TPSA) is 12.0 Å². The molecule has 16 heavy (non-hydrogen) atoms. The summed E-state index contributed by atoms with van der Waals surface area (Å²) in [5.41, 5.74) is 2.49. The van der Waals surface area contributed by atoms with Crippen molar-refractivity contribution in [3.05, 3.63) is 39.4 Å². The lowest BCUT2D eigenvalue weighted by Gasteiger charge is -2.04. The van der Waals surface area contributed by atoms with E-state index >= 15 is 0 Å². The van der Waals surface area contributed by atoms with E-state index in [1.54, 1.807) is 0 Å². The predicted molar refractivity (Wildman–Crippen MR) is 71.2 cm³/mol. The van der Waals surface area contributed by atoms with Crippen molar-refractivity contribution in [1.29, 1.82) is 0 Å².